The van der Waals surface area contributed by atoms with E-state index in [0.717, 1.165) is 11.1 Å². The maximum Gasteiger partial charge on any atom is 0.339 e. The molecule has 1 aromatic carbocycles. The van der Waals surface area contributed by atoms with Crippen molar-refractivity contribution in [1.29, 1.82) is 5.26 Å². The van der Waals surface area contributed by atoms with Gasteiger partial charge in [-0.1, -0.05) is 18.2 Å². The Bertz CT molecular complexity index is 689. The van der Waals surface area contributed by atoms with Gasteiger partial charge in [-0.15, -0.1) is 0 Å². The van der Waals surface area contributed by atoms with Gasteiger partial charge in [0.05, 0.1) is 5.56 Å². The van der Waals surface area contributed by atoms with E-state index in [1.807, 2.05) is 30.3 Å². The highest BCUT2D eigenvalue weighted by atomic mass is 16.5. The molecule has 1 unspecified atom stereocenters. The van der Waals surface area contributed by atoms with Crippen LogP contribution in [-0.4, -0.2) is 11.0 Å². The SMILES string of the molecule is N#Cc1cc(CC2OC(=O)c3ccccc32)ccn1. The Kier molecular flexibility index (Phi) is 2.73. The smallest absolute Gasteiger partial charge is 0.339 e. The van der Waals surface area contributed by atoms with Crippen LogP contribution in [0.4, 0.5) is 0 Å². The van der Waals surface area contributed by atoms with E-state index in [2.05, 4.69) is 4.98 Å². The van der Waals surface area contributed by atoms with Crippen LogP contribution in [0.25, 0.3) is 0 Å². The van der Waals surface area contributed by atoms with Gasteiger partial charge in [0.15, 0.2) is 0 Å². The summed E-state index contributed by atoms with van der Waals surface area (Å²) in [4.78, 5) is 15.6. The topological polar surface area (TPSA) is 63.0 Å². The molecule has 0 saturated heterocycles. The zero-order chi connectivity index (χ0) is 13.2. The molecule has 1 aliphatic heterocycles. The van der Waals surface area contributed by atoms with Gasteiger partial charge in [-0.25, -0.2) is 9.78 Å². The minimum atomic E-state index is -0.282. The fourth-order valence-electron chi connectivity index (χ4n) is 2.25. The highest BCUT2D eigenvalue weighted by Crippen LogP contribution is 2.32. The minimum Gasteiger partial charge on any atom is -0.454 e. The van der Waals surface area contributed by atoms with Crippen LogP contribution in [0.2, 0.25) is 0 Å². The Morgan fingerprint density at radius 1 is 1.32 bits per heavy atom. The predicted octanol–water partition coefficient (Wildman–Crippen LogP) is 2.41. The Hall–Kier alpha value is -2.67. The minimum absolute atomic E-state index is 0.280. The summed E-state index contributed by atoms with van der Waals surface area (Å²) in [5.74, 6) is -0.282. The monoisotopic (exact) mass is 250 g/mol. The molecule has 0 bridgehead atoms. The quantitative estimate of drug-likeness (QED) is 0.768. The zero-order valence-corrected chi connectivity index (χ0v) is 10.0. The molecule has 2 heterocycles. The van der Waals surface area contributed by atoms with Crippen molar-refractivity contribution in [2.75, 3.05) is 0 Å². The summed E-state index contributed by atoms with van der Waals surface area (Å²) in [5, 5.41) is 8.82. The maximum atomic E-state index is 11.7. The first-order chi connectivity index (χ1) is 9.28. The van der Waals surface area contributed by atoms with E-state index >= 15 is 0 Å². The standard InChI is InChI=1S/C15H10N2O2/c16-9-11-7-10(5-6-17-11)8-14-12-3-1-2-4-13(12)15(18)19-14/h1-7,14H,8H2. The van der Waals surface area contributed by atoms with Crippen molar-refractivity contribution in [3.8, 4) is 6.07 Å². The summed E-state index contributed by atoms with van der Waals surface area (Å²) in [6.07, 6.45) is 1.87. The van der Waals surface area contributed by atoms with Crippen molar-refractivity contribution in [2.45, 2.75) is 12.5 Å². The molecule has 0 spiro atoms. The first-order valence-electron chi connectivity index (χ1n) is 5.93. The molecule has 1 atom stereocenters. The van der Waals surface area contributed by atoms with Gasteiger partial charge in [0.1, 0.15) is 17.9 Å². The molecule has 4 nitrogen and oxygen atoms in total. The van der Waals surface area contributed by atoms with Crippen molar-refractivity contribution in [2.24, 2.45) is 0 Å². The Balaban J connectivity index is 1.89. The summed E-state index contributed by atoms with van der Waals surface area (Å²) in [7, 11) is 0. The van der Waals surface area contributed by atoms with Crippen LogP contribution in [-0.2, 0) is 11.2 Å². The molecular weight excluding hydrogens is 240 g/mol. The molecule has 4 heteroatoms. The number of pyridine rings is 1. The predicted molar refractivity (Wildman–Crippen MR) is 67.3 cm³/mol. The van der Waals surface area contributed by atoms with Crippen LogP contribution in [0.15, 0.2) is 42.6 Å². The van der Waals surface area contributed by atoms with Crippen LogP contribution >= 0.6 is 0 Å². The fourth-order valence-corrected chi connectivity index (χ4v) is 2.25. The van der Waals surface area contributed by atoms with Crippen LogP contribution in [0.1, 0.15) is 33.3 Å². The number of hydrogen-bond acceptors (Lipinski definition) is 4. The molecule has 1 aromatic heterocycles. The molecule has 1 aliphatic rings. The number of carbonyl (C=O) groups excluding carboxylic acids is 1. The van der Waals surface area contributed by atoms with Crippen molar-refractivity contribution in [3.63, 3.8) is 0 Å². The molecule has 0 radical (unpaired) electrons. The van der Waals surface area contributed by atoms with E-state index in [1.54, 1.807) is 18.3 Å². The van der Waals surface area contributed by atoms with E-state index < -0.39 is 0 Å². The fraction of sp³-hybridized carbons (Fsp3) is 0.133. The number of esters is 1. The number of ether oxygens (including phenoxy) is 1. The zero-order valence-electron chi connectivity index (χ0n) is 10.0. The number of cyclic esters (lactones) is 1. The number of benzene rings is 1. The van der Waals surface area contributed by atoms with Gasteiger partial charge in [0.2, 0.25) is 0 Å². The highest BCUT2D eigenvalue weighted by Gasteiger charge is 2.30. The van der Waals surface area contributed by atoms with Gasteiger partial charge in [-0.2, -0.15) is 5.26 Å². The second-order valence-electron chi connectivity index (χ2n) is 4.35. The van der Waals surface area contributed by atoms with Gasteiger partial charge in [0, 0.05) is 18.2 Å². The molecule has 0 amide bonds. The van der Waals surface area contributed by atoms with Crippen molar-refractivity contribution in [1.82, 2.24) is 4.98 Å². The highest BCUT2D eigenvalue weighted by molar-refractivity contribution is 5.94. The third kappa shape index (κ3) is 2.06. The molecule has 3 rings (SSSR count). The molecule has 19 heavy (non-hydrogen) atoms. The molecule has 2 aromatic rings. The Labute approximate surface area is 110 Å². The van der Waals surface area contributed by atoms with E-state index in [9.17, 15) is 4.79 Å². The molecule has 0 aliphatic carbocycles. The second-order valence-corrected chi connectivity index (χ2v) is 4.35. The van der Waals surface area contributed by atoms with Gasteiger partial charge in [-0.05, 0) is 23.8 Å². The normalized spacial score (nSPS) is 16.6. The summed E-state index contributed by atoms with van der Waals surface area (Å²) < 4.78 is 5.37. The van der Waals surface area contributed by atoms with Crippen LogP contribution in [0, 0.1) is 11.3 Å². The number of nitrogens with zero attached hydrogens (tertiary/aromatic N) is 2. The van der Waals surface area contributed by atoms with E-state index in [-0.39, 0.29) is 12.1 Å². The van der Waals surface area contributed by atoms with E-state index in [4.69, 9.17) is 10.00 Å². The maximum absolute atomic E-state index is 11.7. The largest absolute Gasteiger partial charge is 0.454 e. The Morgan fingerprint density at radius 3 is 3.00 bits per heavy atom. The number of fused-ring (bicyclic) bond motifs is 1. The van der Waals surface area contributed by atoms with Gasteiger partial charge in [-0.3, -0.25) is 0 Å². The first kappa shape index (κ1) is 11.4. The van der Waals surface area contributed by atoms with Gasteiger partial charge >= 0.3 is 5.97 Å². The van der Waals surface area contributed by atoms with Crippen molar-refractivity contribution < 1.29 is 9.53 Å². The van der Waals surface area contributed by atoms with Crippen LogP contribution in [0.5, 0.6) is 0 Å². The molecule has 0 N–H and O–H groups in total. The molecular formula is C15H10N2O2. The van der Waals surface area contributed by atoms with Gasteiger partial charge in [0.25, 0.3) is 0 Å². The lowest BCUT2D eigenvalue weighted by Crippen LogP contribution is -2.03. The summed E-state index contributed by atoms with van der Waals surface area (Å²) >= 11 is 0. The second kappa shape index (κ2) is 4.54. The first-order valence-corrected chi connectivity index (χ1v) is 5.93. The number of hydrogen-bond donors (Lipinski definition) is 0. The number of rotatable bonds is 2. The lowest BCUT2D eigenvalue weighted by molar-refractivity contribution is 0.0387. The summed E-state index contributed by atoms with van der Waals surface area (Å²) in [6, 6.07) is 12.9. The van der Waals surface area contributed by atoms with Crippen molar-refractivity contribution in [3.05, 3.63) is 65.0 Å². The summed E-state index contributed by atoms with van der Waals surface area (Å²) in [6.45, 7) is 0. The third-order valence-corrected chi connectivity index (χ3v) is 3.14. The average molecular weight is 250 g/mol. The van der Waals surface area contributed by atoms with Crippen molar-refractivity contribution >= 4 is 5.97 Å². The van der Waals surface area contributed by atoms with Crippen LogP contribution < -0.4 is 0 Å². The van der Waals surface area contributed by atoms with E-state index in [1.165, 1.54) is 0 Å². The van der Waals surface area contributed by atoms with Gasteiger partial charge < -0.3 is 4.74 Å². The number of aromatic nitrogens is 1. The molecule has 92 valence electrons. The average Bonchev–Trinajstić information content (AvgIpc) is 2.76. The lowest BCUT2D eigenvalue weighted by Gasteiger charge is -2.10. The molecule has 0 saturated carbocycles. The van der Waals surface area contributed by atoms with Crippen LogP contribution in [0.3, 0.4) is 0 Å². The number of nitriles is 1. The lowest BCUT2D eigenvalue weighted by atomic mass is 10.00. The Morgan fingerprint density at radius 2 is 2.16 bits per heavy atom. The van der Waals surface area contributed by atoms with E-state index in [0.29, 0.717) is 17.7 Å². The summed E-state index contributed by atoms with van der Waals surface area (Å²) in [5.41, 5.74) is 2.83. The number of carbonyl (C=O) groups is 1. The molecule has 0 fully saturated rings. The third-order valence-electron chi connectivity index (χ3n) is 3.14.